The molecule has 0 radical (unpaired) electrons. The van der Waals surface area contributed by atoms with Crippen molar-refractivity contribution in [2.24, 2.45) is 0 Å². The van der Waals surface area contributed by atoms with Gasteiger partial charge in [-0.05, 0) is 31.0 Å². The number of aromatic nitrogens is 1. The minimum Gasteiger partial charge on any atom is -0.310 e. The molecule has 2 nitrogen and oxygen atoms in total. The van der Waals surface area contributed by atoms with E-state index in [9.17, 15) is 4.39 Å². The Balaban J connectivity index is 2.07. The predicted octanol–water partition coefficient (Wildman–Crippen LogP) is 3.50. The number of hydrogen-bond acceptors (Lipinski definition) is 2. The summed E-state index contributed by atoms with van der Waals surface area (Å²) in [6.07, 6.45) is 4.73. The fraction of sp³-hybridized carbons (Fsp3) is 0.312. The molecular formula is C16H19FN2. The van der Waals surface area contributed by atoms with Crippen molar-refractivity contribution in [2.75, 3.05) is 6.54 Å². The van der Waals surface area contributed by atoms with E-state index in [1.54, 1.807) is 12.3 Å². The zero-order valence-corrected chi connectivity index (χ0v) is 11.1. The van der Waals surface area contributed by atoms with Crippen LogP contribution in [0.3, 0.4) is 0 Å². The van der Waals surface area contributed by atoms with Crippen molar-refractivity contribution in [1.82, 2.24) is 10.3 Å². The van der Waals surface area contributed by atoms with Gasteiger partial charge in [0.1, 0.15) is 5.82 Å². The first-order valence-electron chi connectivity index (χ1n) is 6.68. The van der Waals surface area contributed by atoms with Crippen LogP contribution in [0.5, 0.6) is 0 Å². The van der Waals surface area contributed by atoms with Crippen molar-refractivity contribution in [3.05, 3.63) is 65.7 Å². The molecule has 0 aliphatic carbocycles. The van der Waals surface area contributed by atoms with Gasteiger partial charge in [-0.15, -0.1) is 0 Å². The highest BCUT2D eigenvalue weighted by atomic mass is 19.1. The summed E-state index contributed by atoms with van der Waals surface area (Å²) in [7, 11) is 0. The Hall–Kier alpha value is -1.74. The number of benzene rings is 1. The first-order chi connectivity index (χ1) is 9.31. The van der Waals surface area contributed by atoms with Gasteiger partial charge >= 0.3 is 0 Å². The molecule has 0 fully saturated rings. The van der Waals surface area contributed by atoms with Crippen LogP contribution < -0.4 is 5.32 Å². The van der Waals surface area contributed by atoms with Gasteiger partial charge in [-0.2, -0.15) is 0 Å². The van der Waals surface area contributed by atoms with Crippen LogP contribution in [0.15, 0.2) is 48.8 Å². The van der Waals surface area contributed by atoms with E-state index in [1.165, 1.54) is 11.8 Å². The van der Waals surface area contributed by atoms with E-state index >= 15 is 0 Å². The SMILES string of the molecule is CCNC(CCc1ccccc1)c1ccncc1F. The number of halogens is 1. The molecule has 2 aromatic rings. The molecule has 1 atom stereocenters. The summed E-state index contributed by atoms with van der Waals surface area (Å²) in [4.78, 5) is 3.80. The minimum atomic E-state index is -0.235. The van der Waals surface area contributed by atoms with Crippen molar-refractivity contribution in [1.29, 1.82) is 0 Å². The first-order valence-corrected chi connectivity index (χ1v) is 6.68. The van der Waals surface area contributed by atoms with E-state index in [1.807, 2.05) is 25.1 Å². The molecule has 0 aliphatic rings. The number of pyridine rings is 1. The Bertz CT molecular complexity index is 499. The second-order valence-electron chi connectivity index (χ2n) is 4.53. The summed E-state index contributed by atoms with van der Waals surface area (Å²) in [6.45, 7) is 2.86. The third kappa shape index (κ3) is 3.86. The fourth-order valence-corrected chi connectivity index (χ4v) is 2.24. The van der Waals surface area contributed by atoms with Gasteiger partial charge in [0.15, 0.2) is 0 Å². The Morgan fingerprint density at radius 1 is 1.21 bits per heavy atom. The summed E-state index contributed by atoms with van der Waals surface area (Å²) in [6, 6.07) is 12.1. The van der Waals surface area contributed by atoms with Gasteiger partial charge < -0.3 is 5.32 Å². The Kier molecular flexibility index (Phi) is 5.04. The van der Waals surface area contributed by atoms with E-state index in [2.05, 4.69) is 22.4 Å². The average molecular weight is 258 g/mol. The van der Waals surface area contributed by atoms with Crippen molar-refractivity contribution in [2.45, 2.75) is 25.8 Å². The number of aryl methyl sites for hydroxylation is 1. The molecule has 0 saturated carbocycles. The molecule has 3 heteroatoms. The van der Waals surface area contributed by atoms with Gasteiger partial charge in [0, 0.05) is 17.8 Å². The normalized spacial score (nSPS) is 12.3. The third-order valence-electron chi connectivity index (χ3n) is 3.19. The molecule has 19 heavy (non-hydrogen) atoms. The Morgan fingerprint density at radius 3 is 2.68 bits per heavy atom. The van der Waals surface area contributed by atoms with Crippen LogP contribution in [-0.4, -0.2) is 11.5 Å². The van der Waals surface area contributed by atoms with Gasteiger partial charge in [0.2, 0.25) is 0 Å². The molecule has 1 aromatic carbocycles. The lowest BCUT2D eigenvalue weighted by Gasteiger charge is -2.18. The van der Waals surface area contributed by atoms with Crippen molar-refractivity contribution >= 4 is 0 Å². The maximum atomic E-state index is 13.8. The molecule has 1 N–H and O–H groups in total. The summed E-state index contributed by atoms with van der Waals surface area (Å²) in [5.74, 6) is -0.235. The predicted molar refractivity (Wildman–Crippen MR) is 75.4 cm³/mol. The maximum absolute atomic E-state index is 13.8. The molecule has 0 aliphatic heterocycles. The van der Waals surface area contributed by atoms with Gasteiger partial charge in [-0.25, -0.2) is 4.39 Å². The standard InChI is InChI=1S/C16H19FN2/c1-2-19-16(14-10-11-18-12-15(14)17)9-8-13-6-4-3-5-7-13/h3-7,10-12,16,19H,2,8-9H2,1H3. The zero-order valence-electron chi connectivity index (χ0n) is 11.1. The lowest BCUT2D eigenvalue weighted by Crippen LogP contribution is -2.22. The molecule has 0 bridgehead atoms. The second kappa shape index (κ2) is 7.00. The molecule has 0 spiro atoms. The van der Waals surface area contributed by atoms with Gasteiger partial charge in [-0.3, -0.25) is 4.98 Å². The Morgan fingerprint density at radius 2 is 2.00 bits per heavy atom. The number of hydrogen-bond donors (Lipinski definition) is 1. The number of rotatable bonds is 6. The molecular weight excluding hydrogens is 239 g/mol. The van der Waals surface area contributed by atoms with Crippen molar-refractivity contribution in [3.63, 3.8) is 0 Å². The quantitative estimate of drug-likeness (QED) is 0.857. The van der Waals surface area contributed by atoms with Crippen LogP contribution in [0, 0.1) is 5.82 Å². The topological polar surface area (TPSA) is 24.9 Å². The minimum absolute atomic E-state index is 0.0354. The molecule has 1 unspecified atom stereocenters. The van der Waals surface area contributed by atoms with Crippen LogP contribution in [0.4, 0.5) is 4.39 Å². The monoisotopic (exact) mass is 258 g/mol. The van der Waals surface area contributed by atoms with E-state index in [-0.39, 0.29) is 11.9 Å². The highest BCUT2D eigenvalue weighted by Gasteiger charge is 2.14. The van der Waals surface area contributed by atoms with Crippen molar-refractivity contribution < 1.29 is 4.39 Å². The van der Waals surface area contributed by atoms with Gasteiger partial charge in [0.05, 0.1) is 6.20 Å². The smallest absolute Gasteiger partial charge is 0.146 e. The maximum Gasteiger partial charge on any atom is 0.146 e. The Labute approximate surface area is 113 Å². The summed E-state index contributed by atoms with van der Waals surface area (Å²) >= 11 is 0. The van der Waals surface area contributed by atoms with E-state index < -0.39 is 0 Å². The number of nitrogens with zero attached hydrogens (tertiary/aromatic N) is 1. The van der Waals surface area contributed by atoms with Crippen LogP contribution in [-0.2, 0) is 6.42 Å². The highest BCUT2D eigenvalue weighted by molar-refractivity contribution is 5.19. The fourth-order valence-electron chi connectivity index (χ4n) is 2.24. The van der Waals surface area contributed by atoms with Crippen LogP contribution in [0.2, 0.25) is 0 Å². The van der Waals surface area contributed by atoms with Crippen molar-refractivity contribution in [3.8, 4) is 0 Å². The molecule has 1 heterocycles. The second-order valence-corrected chi connectivity index (χ2v) is 4.53. The first kappa shape index (κ1) is 13.7. The van der Waals surface area contributed by atoms with Gasteiger partial charge in [-0.1, -0.05) is 37.3 Å². The average Bonchev–Trinajstić information content (AvgIpc) is 2.45. The third-order valence-corrected chi connectivity index (χ3v) is 3.19. The van der Waals surface area contributed by atoms with Crippen LogP contribution in [0.1, 0.15) is 30.5 Å². The summed E-state index contributed by atoms with van der Waals surface area (Å²) in [5.41, 5.74) is 1.98. The lowest BCUT2D eigenvalue weighted by molar-refractivity contribution is 0.483. The molecule has 1 aromatic heterocycles. The van der Waals surface area contributed by atoms with Gasteiger partial charge in [0.25, 0.3) is 0 Å². The summed E-state index contributed by atoms with van der Waals surface area (Å²) < 4.78 is 13.8. The van der Waals surface area contributed by atoms with Crippen LogP contribution in [0.25, 0.3) is 0 Å². The zero-order chi connectivity index (χ0) is 13.5. The molecule has 2 rings (SSSR count). The highest BCUT2D eigenvalue weighted by Crippen LogP contribution is 2.21. The number of nitrogens with one attached hydrogen (secondary N) is 1. The largest absolute Gasteiger partial charge is 0.310 e. The van der Waals surface area contributed by atoms with E-state index in [4.69, 9.17) is 0 Å². The van der Waals surface area contributed by atoms with E-state index in [0.717, 1.165) is 19.4 Å². The van der Waals surface area contributed by atoms with E-state index in [0.29, 0.717) is 5.56 Å². The molecule has 100 valence electrons. The molecule has 0 amide bonds. The lowest BCUT2D eigenvalue weighted by atomic mass is 9.99. The molecule has 0 saturated heterocycles. The van der Waals surface area contributed by atoms with Crippen LogP contribution >= 0.6 is 0 Å². The summed E-state index contributed by atoms with van der Waals surface area (Å²) in [5, 5.41) is 3.34.